The maximum Gasteiger partial charge on any atom is 0.335 e. The second-order valence-electron chi connectivity index (χ2n) is 10.9. The standard InChI is InChI=1S/C30H41ClN4O5/c1-34-12-8-20(9-13-34)22-15-19(6-7-21(22)30(37)38)5-4-11-35-14-10-26(28(18-35)40-3)33-29(36)23-16-24(31)25(32)17-27(23)39-2/h6-7,15-17,20,26,28H,4-5,8-14,18,32H2,1-3H3,(H,33,36)(H,37,38)/t26-,28+/m1/s1. The normalized spacial score (nSPS) is 20.8. The quantitative estimate of drug-likeness (QED) is 0.367. The number of amides is 1. The minimum atomic E-state index is -0.848. The minimum absolute atomic E-state index is 0.143. The highest BCUT2D eigenvalue weighted by Gasteiger charge is 2.31. The fourth-order valence-electron chi connectivity index (χ4n) is 5.88. The van der Waals surface area contributed by atoms with Crippen molar-refractivity contribution >= 4 is 29.2 Å². The highest BCUT2D eigenvalue weighted by molar-refractivity contribution is 6.33. The van der Waals surface area contributed by atoms with Crippen LogP contribution < -0.4 is 15.8 Å². The summed E-state index contributed by atoms with van der Waals surface area (Å²) in [7, 11) is 5.27. The third kappa shape index (κ3) is 7.26. The van der Waals surface area contributed by atoms with E-state index in [4.69, 9.17) is 26.8 Å². The molecule has 2 heterocycles. The number of nitrogens with one attached hydrogen (secondary N) is 1. The Balaban J connectivity index is 1.32. The molecule has 40 heavy (non-hydrogen) atoms. The SMILES string of the molecule is COc1cc(N)c(Cl)cc1C(=O)N[C@@H]1CCN(CCCc2ccc(C(=O)O)c(C3CCN(C)CC3)c2)C[C@@H]1OC. The van der Waals surface area contributed by atoms with Crippen LogP contribution in [0.15, 0.2) is 30.3 Å². The smallest absolute Gasteiger partial charge is 0.335 e. The molecule has 0 unspecified atom stereocenters. The zero-order valence-electron chi connectivity index (χ0n) is 23.6. The van der Waals surface area contributed by atoms with Crippen molar-refractivity contribution in [2.24, 2.45) is 0 Å². The molecular weight excluding hydrogens is 532 g/mol. The molecule has 0 radical (unpaired) electrons. The predicted molar refractivity (Wildman–Crippen MR) is 157 cm³/mol. The molecule has 2 atom stereocenters. The number of nitrogens with two attached hydrogens (primary N) is 1. The molecule has 1 amide bonds. The van der Waals surface area contributed by atoms with Gasteiger partial charge in [-0.15, -0.1) is 0 Å². The van der Waals surface area contributed by atoms with Crippen molar-refractivity contribution in [2.75, 3.05) is 59.7 Å². The Labute approximate surface area is 241 Å². The van der Waals surface area contributed by atoms with E-state index in [1.165, 1.54) is 18.7 Å². The van der Waals surface area contributed by atoms with Crippen LogP contribution >= 0.6 is 11.6 Å². The van der Waals surface area contributed by atoms with E-state index >= 15 is 0 Å². The number of methoxy groups -OCH3 is 2. The summed E-state index contributed by atoms with van der Waals surface area (Å²) >= 11 is 6.15. The fourth-order valence-corrected chi connectivity index (χ4v) is 6.04. The molecule has 0 spiro atoms. The second kappa shape index (κ2) is 13.7. The van der Waals surface area contributed by atoms with Gasteiger partial charge in [-0.25, -0.2) is 4.79 Å². The Morgan fingerprint density at radius 2 is 1.85 bits per heavy atom. The van der Waals surface area contributed by atoms with Crippen LogP contribution in [0.1, 0.15) is 63.4 Å². The van der Waals surface area contributed by atoms with E-state index in [1.807, 2.05) is 6.07 Å². The highest BCUT2D eigenvalue weighted by Crippen LogP contribution is 2.32. The van der Waals surface area contributed by atoms with E-state index in [0.717, 1.165) is 63.8 Å². The van der Waals surface area contributed by atoms with E-state index in [-0.39, 0.29) is 18.1 Å². The summed E-state index contributed by atoms with van der Waals surface area (Å²) in [6.07, 6.45) is 4.41. The topological polar surface area (TPSA) is 117 Å². The Kier molecular flexibility index (Phi) is 10.3. The molecule has 2 aliphatic heterocycles. The van der Waals surface area contributed by atoms with Gasteiger partial charge in [-0.05, 0) is 88.0 Å². The Bertz CT molecular complexity index is 1200. The average Bonchev–Trinajstić information content (AvgIpc) is 2.95. The number of carbonyl (C=O) groups is 2. The number of benzene rings is 2. The lowest BCUT2D eigenvalue weighted by Gasteiger charge is -2.38. The Morgan fingerprint density at radius 3 is 2.52 bits per heavy atom. The van der Waals surface area contributed by atoms with Crippen molar-refractivity contribution in [1.82, 2.24) is 15.1 Å². The molecule has 4 rings (SSSR count). The largest absolute Gasteiger partial charge is 0.496 e. The highest BCUT2D eigenvalue weighted by atomic mass is 35.5. The summed E-state index contributed by atoms with van der Waals surface area (Å²) in [5.41, 5.74) is 9.15. The van der Waals surface area contributed by atoms with Crippen LogP contribution in [0.25, 0.3) is 0 Å². The number of carboxylic acids is 1. The summed E-state index contributed by atoms with van der Waals surface area (Å²) in [5, 5.41) is 13.2. The number of nitrogen functional groups attached to an aromatic ring is 1. The zero-order chi connectivity index (χ0) is 28.8. The van der Waals surface area contributed by atoms with Gasteiger partial charge in [0.15, 0.2) is 0 Å². The van der Waals surface area contributed by atoms with Crippen LogP contribution in [-0.4, -0.2) is 92.9 Å². The van der Waals surface area contributed by atoms with Gasteiger partial charge in [-0.2, -0.15) is 0 Å². The first-order chi connectivity index (χ1) is 19.2. The fraction of sp³-hybridized carbons (Fsp3) is 0.533. The molecule has 2 saturated heterocycles. The Hall–Kier alpha value is -2.85. The van der Waals surface area contributed by atoms with Crippen molar-refractivity contribution in [3.05, 3.63) is 57.6 Å². The number of piperidine rings is 2. The number of rotatable bonds is 10. The molecule has 2 aliphatic rings. The minimum Gasteiger partial charge on any atom is -0.496 e. The van der Waals surface area contributed by atoms with Crippen LogP contribution in [0, 0.1) is 0 Å². The number of hydrogen-bond donors (Lipinski definition) is 3. The summed E-state index contributed by atoms with van der Waals surface area (Å²) in [6, 6.07) is 8.80. The number of aryl methyl sites for hydroxylation is 1. The maximum absolute atomic E-state index is 13.1. The molecule has 9 nitrogen and oxygen atoms in total. The van der Waals surface area contributed by atoms with E-state index in [1.54, 1.807) is 19.2 Å². The monoisotopic (exact) mass is 572 g/mol. The summed E-state index contributed by atoms with van der Waals surface area (Å²) in [6.45, 7) is 4.42. The van der Waals surface area contributed by atoms with Crippen LogP contribution in [0.3, 0.4) is 0 Å². The maximum atomic E-state index is 13.1. The average molecular weight is 573 g/mol. The lowest BCUT2D eigenvalue weighted by atomic mass is 9.85. The van der Waals surface area contributed by atoms with Gasteiger partial charge in [-0.3, -0.25) is 4.79 Å². The van der Waals surface area contributed by atoms with Crippen molar-refractivity contribution in [3.8, 4) is 5.75 Å². The van der Waals surface area contributed by atoms with Crippen LogP contribution in [0.4, 0.5) is 5.69 Å². The Morgan fingerprint density at radius 1 is 1.10 bits per heavy atom. The van der Waals surface area contributed by atoms with Crippen molar-refractivity contribution < 1.29 is 24.2 Å². The van der Waals surface area contributed by atoms with E-state index in [0.29, 0.717) is 40.0 Å². The molecular formula is C30H41ClN4O5. The van der Waals surface area contributed by atoms with Gasteiger partial charge in [0.05, 0.1) is 41.1 Å². The van der Waals surface area contributed by atoms with Gasteiger partial charge in [0.25, 0.3) is 5.91 Å². The van der Waals surface area contributed by atoms with Crippen LogP contribution in [-0.2, 0) is 11.2 Å². The number of nitrogens with zero attached hydrogens (tertiary/aromatic N) is 2. The lowest BCUT2D eigenvalue weighted by molar-refractivity contribution is 0.00616. The number of ether oxygens (including phenoxy) is 2. The third-order valence-corrected chi connectivity index (χ3v) is 8.60. The number of likely N-dealkylation sites (tertiary alicyclic amines) is 2. The number of halogens is 1. The first-order valence-electron chi connectivity index (χ1n) is 13.9. The number of aromatic carboxylic acids is 1. The van der Waals surface area contributed by atoms with Gasteiger partial charge in [-0.1, -0.05) is 23.7 Å². The summed E-state index contributed by atoms with van der Waals surface area (Å²) < 4.78 is 11.1. The molecule has 2 fully saturated rings. The van der Waals surface area contributed by atoms with Gasteiger partial charge >= 0.3 is 5.97 Å². The summed E-state index contributed by atoms with van der Waals surface area (Å²) in [5.74, 6) is -0.451. The molecule has 2 aromatic rings. The van der Waals surface area contributed by atoms with Crippen LogP contribution in [0.2, 0.25) is 5.02 Å². The number of carboxylic acid groups (broad SMARTS) is 1. The molecule has 0 aliphatic carbocycles. The molecule has 4 N–H and O–H groups in total. The van der Waals surface area contributed by atoms with E-state index < -0.39 is 5.97 Å². The van der Waals surface area contributed by atoms with Gasteiger partial charge in [0, 0.05) is 26.3 Å². The van der Waals surface area contributed by atoms with E-state index in [2.05, 4.69) is 28.2 Å². The van der Waals surface area contributed by atoms with Crippen molar-refractivity contribution in [1.29, 1.82) is 0 Å². The lowest BCUT2D eigenvalue weighted by Crippen LogP contribution is -2.55. The van der Waals surface area contributed by atoms with Crippen LogP contribution in [0.5, 0.6) is 5.75 Å². The first kappa shape index (κ1) is 30.1. The molecule has 2 aromatic carbocycles. The van der Waals surface area contributed by atoms with Gasteiger partial charge < -0.3 is 35.4 Å². The van der Waals surface area contributed by atoms with E-state index in [9.17, 15) is 14.7 Å². The molecule has 10 heteroatoms. The van der Waals surface area contributed by atoms with Crippen molar-refractivity contribution in [3.63, 3.8) is 0 Å². The molecule has 0 bridgehead atoms. The zero-order valence-corrected chi connectivity index (χ0v) is 24.4. The molecule has 0 aromatic heterocycles. The molecule has 218 valence electrons. The predicted octanol–water partition coefficient (Wildman–Crippen LogP) is 3.89. The van der Waals surface area contributed by atoms with Gasteiger partial charge in [0.2, 0.25) is 0 Å². The van der Waals surface area contributed by atoms with Crippen molar-refractivity contribution in [2.45, 2.75) is 50.2 Å². The molecule has 0 saturated carbocycles. The second-order valence-corrected chi connectivity index (χ2v) is 11.3. The third-order valence-electron chi connectivity index (χ3n) is 8.27. The van der Waals surface area contributed by atoms with Gasteiger partial charge in [0.1, 0.15) is 5.75 Å². The number of carbonyl (C=O) groups excluding carboxylic acids is 1. The number of hydrogen-bond acceptors (Lipinski definition) is 7. The first-order valence-corrected chi connectivity index (χ1v) is 14.3. The summed E-state index contributed by atoms with van der Waals surface area (Å²) in [4.78, 5) is 29.6. The number of anilines is 1.